The molecule has 0 radical (unpaired) electrons. The molecule has 0 saturated carbocycles. The topological polar surface area (TPSA) is 61.4 Å². The van der Waals surface area contributed by atoms with Crippen molar-refractivity contribution in [1.82, 2.24) is 15.5 Å². The molecule has 1 aliphatic rings. The molecule has 0 aromatic heterocycles. The van der Waals surface area contributed by atoms with E-state index in [0.717, 1.165) is 26.1 Å². The van der Waals surface area contributed by atoms with Gasteiger partial charge in [0.25, 0.3) is 0 Å². The number of rotatable bonds is 7. The first-order valence-electron chi connectivity index (χ1n) is 8.13. The van der Waals surface area contributed by atoms with Crippen LogP contribution in [0.2, 0.25) is 0 Å². The van der Waals surface area contributed by atoms with Crippen LogP contribution >= 0.6 is 0 Å². The molecule has 3 atom stereocenters. The molecule has 1 fully saturated rings. The van der Waals surface area contributed by atoms with E-state index in [1.54, 1.807) is 6.26 Å². The second-order valence-electron chi connectivity index (χ2n) is 6.37. The Morgan fingerprint density at radius 3 is 2.83 bits per heavy atom. The van der Waals surface area contributed by atoms with E-state index in [0.29, 0.717) is 18.2 Å². The van der Waals surface area contributed by atoms with Crippen LogP contribution in [0.5, 0.6) is 0 Å². The van der Waals surface area contributed by atoms with Crippen LogP contribution in [0, 0.1) is 5.92 Å². The molecule has 23 heavy (non-hydrogen) atoms. The summed E-state index contributed by atoms with van der Waals surface area (Å²) in [6.07, 6.45) is 2.76. The molecule has 128 valence electrons. The molecular weight excluding hydrogens is 310 g/mol. The summed E-state index contributed by atoms with van der Waals surface area (Å²) >= 11 is 0. The Morgan fingerprint density at radius 2 is 2.13 bits per heavy atom. The van der Waals surface area contributed by atoms with Crippen LogP contribution in [0.1, 0.15) is 18.9 Å². The number of amides is 2. The largest absolute Gasteiger partial charge is 0.338 e. The Kier molecular flexibility index (Phi) is 7.05. The zero-order chi connectivity index (χ0) is 16.7. The van der Waals surface area contributed by atoms with Crippen molar-refractivity contribution in [1.29, 1.82) is 0 Å². The fraction of sp³-hybridized carbons (Fsp3) is 0.588. The summed E-state index contributed by atoms with van der Waals surface area (Å²) in [6.45, 7) is 5.64. The van der Waals surface area contributed by atoms with Crippen LogP contribution in [0.15, 0.2) is 30.3 Å². The number of nitrogens with one attached hydrogen (secondary N) is 2. The van der Waals surface area contributed by atoms with E-state index in [2.05, 4.69) is 39.8 Å². The van der Waals surface area contributed by atoms with Gasteiger partial charge in [-0.3, -0.25) is 9.11 Å². The molecular formula is C17H27N3O2S. The fourth-order valence-electron chi connectivity index (χ4n) is 2.97. The zero-order valence-electron chi connectivity index (χ0n) is 14.0. The minimum atomic E-state index is -0.891. The Morgan fingerprint density at radius 1 is 1.39 bits per heavy atom. The second-order valence-corrected chi connectivity index (χ2v) is 7.85. The van der Waals surface area contributed by atoms with Crippen LogP contribution < -0.4 is 10.6 Å². The Balaban J connectivity index is 1.65. The van der Waals surface area contributed by atoms with Gasteiger partial charge in [0, 0.05) is 48.5 Å². The van der Waals surface area contributed by atoms with E-state index >= 15 is 0 Å². The number of hydrogen-bond donors (Lipinski definition) is 2. The molecule has 1 saturated heterocycles. The van der Waals surface area contributed by atoms with Gasteiger partial charge in [-0.1, -0.05) is 30.3 Å². The van der Waals surface area contributed by atoms with Crippen molar-refractivity contribution in [3.63, 3.8) is 0 Å². The molecule has 0 bridgehead atoms. The van der Waals surface area contributed by atoms with E-state index in [1.807, 2.05) is 13.0 Å². The fourth-order valence-corrected chi connectivity index (χ4v) is 3.76. The van der Waals surface area contributed by atoms with E-state index in [-0.39, 0.29) is 12.1 Å². The average molecular weight is 337 g/mol. The Labute approximate surface area is 141 Å². The van der Waals surface area contributed by atoms with Crippen LogP contribution in [0.4, 0.5) is 4.79 Å². The first-order chi connectivity index (χ1) is 11.0. The SMILES string of the molecule is C[C@H](C[S@@](C)=O)NC(=O)NC[C@H]1CCN(Cc2ccccc2)C1. The van der Waals surface area contributed by atoms with Crippen molar-refractivity contribution in [2.75, 3.05) is 31.6 Å². The standard InChI is InChI=1S/C17H27N3O2S/c1-14(13-23(2)22)19-17(21)18-10-16-8-9-20(12-16)11-15-6-4-3-5-7-15/h3-7,14,16H,8-13H2,1-2H3,(H2,18,19,21)/t14-,16-,23-/m1/s1. The number of carbonyl (C=O) groups is 1. The molecule has 1 aromatic rings. The summed E-state index contributed by atoms with van der Waals surface area (Å²) in [5, 5.41) is 5.77. The van der Waals surface area contributed by atoms with Gasteiger partial charge in [-0.15, -0.1) is 0 Å². The van der Waals surface area contributed by atoms with E-state index in [4.69, 9.17) is 0 Å². The second kappa shape index (κ2) is 9.03. The third-order valence-corrected chi connectivity index (χ3v) is 5.00. The molecule has 2 N–H and O–H groups in total. The minimum Gasteiger partial charge on any atom is -0.338 e. The highest BCUT2D eigenvalue weighted by molar-refractivity contribution is 7.84. The molecule has 1 heterocycles. The maximum atomic E-state index is 11.8. The minimum absolute atomic E-state index is 0.0704. The molecule has 0 aliphatic carbocycles. The summed E-state index contributed by atoms with van der Waals surface area (Å²) in [5.74, 6) is 0.988. The number of urea groups is 1. The monoisotopic (exact) mass is 337 g/mol. The van der Waals surface area contributed by atoms with Crippen molar-refractivity contribution in [2.24, 2.45) is 5.92 Å². The lowest BCUT2D eigenvalue weighted by atomic mass is 10.1. The van der Waals surface area contributed by atoms with Gasteiger partial charge in [-0.25, -0.2) is 4.79 Å². The van der Waals surface area contributed by atoms with E-state index in [1.165, 1.54) is 5.56 Å². The lowest BCUT2D eigenvalue weighted by molar-refractivity contribution is 0.236. The molecule has 2 rings (SSSR count). The summed E-state index contributed by atoms with van der Waals surface area (Å²) in [5.41, 5.74) is 1.33. The van der Waals surface area contributed by atoms with Crippen molar-refractivity contribution in [3.05, 3.63) is 35.9 Å². The lowest BCUT2D eigenvalue weighted by Crippen LogP contribution is -2.44. The van der Waals surface area contributed by atoms with Crippen LogP contribution in [0.3, 0.4) is 0 Å². The van der Waals surface area contributed by atoms with Crippen LogP contribution in [-0.4, -0.2) is 52.8 Å². The van der Waals surface area contributed by atoms with Gasteiger partial charge in [-0.2, -0.15) is 0 Å². The van der Waals surface area contributed by atoms with Gasteiger partial charge in [0.15, 0.2) is 0 Å². The zero-order valence-corrected chi connectivity index (χ0v) is 14.8. The highest BCUT2D eigenvalue weighted by Gasteiger charge is 2.22. The first kappa shape index (κ1) is 17.9. The summed E-state index contributed by atoms with van der Waals surface area (Å²) < 4.78 is 11.1. The van der Waals surface area contributed by atoms with Crippen molar-refractivity contribution in [2.45, 2.75) is 25.9 Å². The maximum absolute atomic E-state index is 11.8. The normalized spacial score (nSPS) is 20.9. The smallest absolute Gasteiger partial charge is 0.315 e. The van der Waals surface area contributed by atoms with Gasteiger partial charge < -0.3 is 10.6 Å². The third kappa shape index (κ3) is 6.71. The van der Waals surface area contributed by atoms with Crippen molar-refractivity contribution < 1.29 is 9.00 Å². The maximum Gasteiger partial charge on any atom is 0.315 e. The number of nitrogens with zero attached hydrogens (tertiary/aromatic N) is 1. The Bertz CT molecular complexity index is 524. The van der Waals surface area contributed by atoms with Crippen molar-refractivity contribution >= 4 is 16.8 Å². The average Bonchev–Trinajstić information content (AvgIpc) is 2.93. The number of hydrogen-bond acceptors (Lipinski definition) is 3. The van der Waals surface area contributed by atoms with Gasteiger partial charge in [-0.05, 0) is 31.4 Å². The molecule has 1 aliphatic heterocycles. The Hall–Kier alpha value is -1.40. The van der Waals surface area contributed by atoms with Crippen LogP contribution in [0.25, 0.3) is 0 Å². The molecule has 0 unspecified atom stereocenters. The highest BCUT2D eigenvalue weighted by atomic mass is 32.2. The lowest BCUT2D eigenvalue weighted by Gasteiger charge is -2.17. The van der Waals surface area contributed by atoms with Gasteiger partial charge in [0.2, 0.25) is 0 Å². The van der Waals surface area contributed by atoms with Crippen molar-refractivity contribution in [3.8, 4) is 0 Å². The third-order valence-electron chi connectivity index (χ3n) is 4.03. The predicted molar refractivity (Wildman–Crippen MR) is 94.8 cm³/mol. The number of likely N-dealkylation sites (tertiary alicyclic amines) is 1. The predicted octanol–water partition coefficient (Wildman–Crippen LogP) is 1.57. The molecule has 0 spiro atoms. The summed E-state index contributed by atoms with van der Waals surface area (Å²) in [4.78, 5) is 14.3. The van der Waals surface area contributed by atoms with Gasteiger partial charge in [0.1, 0.15) is 0 Å². The van der Waals surface area contributed by atoms with Gasteiger partial charge in [0.05, 0.1) is 0 Å². The molecule has 1 aromatic carbocycles. The highest BCUT2D eigenvalue weighted by Crippen LogP contribution is 2.17. The number of carbonyl (C=O) groups excluding carboxylic acids is 1. The summed E-state index contributed by atoms with van der Waals surface area (Å²) in [7, 11) is -0.891. The van der Waals surface area contributed by atoms with E-state index in [9.17, 15) is 9.00 Å². The first-order valence-corrected chi connectivity index (χ1v) is 9.86. The molecule has 5 nitrogen and oxygen atoms in total. The molecule has 2 amide bonds. The number of benzene rings is 1. The quantitative estimate of drug-likeness (QED) is 0.794. The molecule has 6 heteroatoms. The van der Waals surface area contributed by atoms with Crippen LogP contribution in [-0.2, 0) is 17.3 Å². The summed E-state index contributed by atoms with van der Waals surface area (Å²) in [6, 6.07) is 10.2. The van der Waals surface area contributed by atoms with Gasteiger partial charge >= 0.3 is 6.03 Å². The van der Waals surface area contributed by atoms with E-state index < -0.39 is 10.8 Å².